The van der Waals surface area contributed by atoms with Crippen molar-refractivity contribution in [2.45, 2.75) is 18.4 Å². The summed E-state index contributed by atoms with van der Waals surface area (Å²) in [6.45, 7) is 1.74. The van der Waals surface area contributed by atoms with E-state index in [4.69, 9.17) is 10.8 Å². The molecular formula is C10H14N2O2S. The Kier molecular flexibility index (Phi) is 3.71. The van der Waals surface area contributed by atoms with Gasteiger partial charge in [0, 0.05) is 23.6 Å². The molecule has 82 valence electrons. The summed E-state index contributed by atoms with van der Waals surface area (Å²) in [6, 6.07) is 5.34. The monoisotopic (exact) mass is 226 g/mol. The third kappa shape index (κ3) is 2.30. The van der Waals surface area contributed by atoms with E-state index in [-0.39, 0.29) is 11.7 Å². The summed E-state index contributed by atoms with van der Waals surface area (Å²) in [4.78, 5) is 15.2. The second-order valence-corrected chi connectivity index (χ2v) is 3.80. The van der Waals surface area contributed by atoms with Crippen molar-refractivity contribution in [1.82, 2.24) is 4.98 Å². The molecule has 0 fully saturated rings. The van der Waals surface area contributed by atoms with Crippen LogP contribution in [-0.4, -0.2) is 27.4 Å². The van der Waals surface area contributed by atoms with Crippen molar-refractivity contribution in [2.75, 3.05) is 5.75 Å². The normalized spacial score (nSPS) is 16.7. The third-order valence-electron chi connectivity index (χ3n) is 2.56. The summed E-state index contributed by atoms with van der Waals surface area (Å²) in [7, 11) is 0. The first-order chi connectivity index (χ1) is 7.02. The molecule has 4 nitrogen and oxygen atoms in total. The van der Waals surface area contributed by atoms with Gasteiger partial charge < -0.3 is 10.8 Å². The van der Waals surface area contributed by atoms with Gasteiger partial charge in [0.2, 0.25) is 0 Å². The lowest BCUT2D eigenvalue weighted by atomic mass is 9.85. The van der Waals surface area contributed by atoms with Gasteiger partial charge in [-0.25, -0.2) is 0 Å². The van der Waals surface area contributed by atoms with E-state index in [9.17, 15) is 4.79 Å². The molecule has 1 aromatic heterocycles. The lowest BCUT2D eigenvalue weighted by molar-refractivity contribution is -0.143. The molecule has 0 aliphatic carbocycles. The van der Waals surface area contributed by atoms with E-state index < -0.39 is 11.5 Å². The average molecular weight is 226 g/mol. The molecule has 0 aliphatic heterocycles. The van der Waals surface area contributed by atoms with E-state index in [2.05, 4.69) is 17.6 Å². The second kappa shape index (κ2) is 4.63. The zero-order valence-corrected chi connectivity index (χ0v) is 9.32. The van der Waals surface area contributed by atoms with Gasteiger partial charge in [0.25, 0.3) is 0 Å². The lowest BCUT2D eigenvalue weighted by Gasteiger charge is -2.29. The minimum Gasteiger partial charge on any atom is -0.480 e. The number of aromatic nitrogens is 1. The van der Waals surface area contributed by atoms with Crippen LogP contribution in [0.5, 0.6) is 0 Å². The standard InChI is InChI=1S/C10H14N2O2S/c1-7(8-4-2-3-5-12-8)10(11,6-15)9(13)14/h2-5,7,15H,6,11H2,1H3,(H,13,14). The molecule has 0 amide bonds. The van der Waals surface area contributed by atoms with Crippen LogP contribution in [0.4, 0.5) is 0 Å². The first-order valence-corrected chi connectivity index (χ1v) is 5.19. The molecule has 0 saturated carbocycles. The van der Waals surface area contributed by atoms with E-state index in [0.29, 0.717) is 5.69 Å². The quantitative estimate of drug-likeness (QED) is 0.667. The van der Waals surface area contributed by atoms with Crippen LogP contribution >= 0.6 is 12.6 Å². The highest BCUT2D eigenvalue weighted by Gasteiger charge is 2.40. The van der Waals surface area contributed by atoms with Crippen LogP contribution in [0, 0.1) is 0 Å². The molecule has 0 aromatic carbocycles. The number of hydrogen-bond acceptors (Lipinski definition) is 4. The summed E-state index contributed by atoms with van der Waals surface area (Å²) >= 11 is 4.00. The summed E-state index contributed by atoms with van der Waals surface area (Å²) < 4.78 is 0. The number of nitrogens with two attached hydrogens (primary N) is 1. The van der Waals surface area contributed by atoms with E-state index >= 15 is 0 Å². The Morgan fingerprint density at radius 3 is 2.80 bits per heavy atom. The maximum absolute atomic E-state index is 11.1. The van der Waals surface area contributed by atoms with Crippen LogP contribution in [0.25, 0.3) is 0 Å². The number of carbonyl (C=O) groups is 1. The Morgan fingerprint density at radius 1 is 1.73 bits per heavy atom. The highest BCUT2D eigenvalue weighted by molar-refractivity contribution is 7.80. The minimum atomic E-state index is -1.38. The van der Waals surface area contributed by atoms with Crippen LogP contribution in [-0.2, 0) is 4.79 Å². The fourth-order valence-corrected chi connectivity index (χ4v) is 1.69. The molecule has 3 N–H and O–H groups in total. The molecular weight excluding hydrogens is 212 g/mol. The largest absolute Gasteiger partial charge is 0.480 e. The molecule has 0 aliphatic rings. The van der Waals surface area contributed by atoms with Gasteiger partial charge in [0.1, 0.15) is 5.54 Å². The van der Waals surface area contributed by atoms with E-state index in [1.165, 1.54) is 0 Å². The third-order valence-corrected chi connectivity index (χ3v) is 3.09. The van der Waals surface area contributed by atoms with Gasteiger partial charge in [-0.2, -0.15) is 12.6 Å². The maximum atomic E-state index is 11.1. The van der Waals surface area contributed by atoms with Crippen LogP contribution in [0.2, 0.25) is 0 Å². The number of pyridine rings is 1. The molecule has 0 saturated heterocycles. The van der Waals surface area contributed by atoms with Crippen LogP contribution in [0.1, 0.15) is 18.5 Å². The number of thiol groups is 1. The number of carboxylic acids is 1. The van der Waals surface area contributed by atoms with Gasteiger partial charge in [-0.15, -0.1) is 0 Å². The maximum Gasteiger partial charge on any atom is 0.325 e. The van der Waals surface area contributed by atoms with Crippen molar-refractivity contribution in [3.63, 3.8) is 0 Å². The van der Waals surface area contributed by atoms with Crippen molar-refractivity contribution in [3.8, 4) is 0 Å². The summed E-state index contributed by atoms with van der Waals surface area (Å²) in [5, 5.41) is 9.06. The minimum absolute atomic E-state index is 0.0695. The molecule has 1 aromatic rings. The summed E-state index contributed by atoms with van der Waals surface area (Å²) in [5.41, 5.74) is 5.09. The van der Waals surface area contributed by atoms with Crippen molar-refractivity contribution in [1.29, 1.82) is 0 Å². The highest BCUT2D eigenvalue weighted by atomic mass is 32.1. The molecule has 0 radical (unpaired) electrons. The van der Waals surface area contributed by atoms with Crippen molar-refractivity contribution < 1.29 is 9.90 Å². The second-order valence-electron chi connectivity index (χ2n) is 3.48. The van der Waals surface area contributed by atoms with Gasteiger partial charge in [0.05, 0.1) is 0 Å². The first-order valence-electron chi connectivity index (χ1n) is 4.56. The molecule has 0 bridgehead atoms. The number of rotatable bonds is 4. The van der Waals surface area contributed by atoms with E-state index in [0.717, 1.165) is 0 Å². The molecule has 2 atom stereocenters. The zero-order valence-electron chi connectivity index (χ0n) is 8.42. The van der Waals surface area contributed by atoms with Gasteiger partial charge in [0.15, 0.2) is 0 Å². The smallest absolute Gasteiger partial charge is 0.325 e. The summed E-state index contributed by atoms with van der Waals surface area (Å²) in [5.74, 6) is -1.37. The predicted molar refractivity (Wildman–Crippen MR) is 61.1 cm³/mol. The van der Waals surface area contributed by atoms with Gasteiger partial charge in [-0.05, 0) is 12.1 Å². The number of nitrogens with zero attached hydrogens (tertiary/aromatic N) is 1. The topological polar surface area (TPSA) is 76.2 Å². The predicted octanol–water partition coefficient (Wildman–Crippen LogP) is 0.897. The summed E-state index contributed by atoms with van der Waals surface area (Å²) in [6.07, 6.45) is 1.62. The molecule has 5 heteroatoms. The Morgan fingerprint density at radius 2 is 2.40 bits per heavy atom. The SMILES string of the molecule is CC(c1ccccn1)C(N)(CS)C(=O)O. The van der Waals surface area contributed by atoms with Crippen LogP contribution in [0.15, 0.2) is 24.4 Å². The Hall–Kier alpha value is -1.07. The first kappa shape index (κ1) is 12.0. The molecule has 2 unspecified atom stereocenters. The number of aliphatic carboxylic acids is 1. The van der Waals surface area contributed by atoms with Crippen LogP contribution in [0.3, 0.4) is 0 Å². The number of hydrogen-bond donors (Lipinski definition) is 3. The average Bonchev–Trinajstić information content (AvgIpc) is 2.28. The van der Waals surface area contributed by atoms with E-state index in [1.807, 2.05) is 0 Å². The van der Waals surface area contributed by atoms with Crippen LogP contribution < -0.4 is 5.73 Å². The van der Waals surface area contributed by atoms with Gasteiger partial charge >= 0.3 is 5.97 Å². The van der Waals surface area contributed by atoms with Gasteiger partial charge in [-0.3, -0.25) is 9.78 Å². The lowest BCUT2D eigenvalue weighted by Crippen LogP contribution is -2.54. The molecule has 0 spiro atoms. The molecule has 1 heterocycles. The fraction of sp³-hybridized carbons (Fsp3) is 0.400. The van der Waals surface area contributed by atoms with Crippen molar-refractivity contribution >= 4 is 18.6 Å². The molecule has 1 rings (SSSR count). The van der Waals surface area contributed by atoms with Crippen molar-refractivity contribution in [3.05, 3.63) is 30.1 Å². The van der Waals surface area contributed by atoms with Gasteiger partial charge in [-0.1, -0.05) is 13.0 Å². The van der Waals surface area contributed by atoms with E-state index in [1.54, 1.807) is 31.3 Å². The Labute approximate surface area is 93.9 Å². The Bertz CT molecular complexity index is 345. The Balaban J connectivity index is 3.02. The zero-order chi connectivity index (χ0) is 11.5. The molecule has 15 heavy (non-hydrogen) atoms. The fourth-order valence-electron chi connectivity index (χ4n) is 1.29. The van der Waals surface area contributed by atoms with Crippen molar-refractivity contribution in [2.24, 2.45) is 5.73 Å². The highest BCUT2D eigenvalue weighted by Crippen LogP contribution is 2.25. The number of carboxylic acid groups (broad SMARTS) is 1.